The SMILES string of the molecule is COc1ccc(CC(=O)Nc2ccc(NCc3ccc(Cl)cc3)cc2)cc1. The number of halogens is 1. The molecule has 0 radical (unpaired) electrons. The zero-order valence-electron chi connectivity index (χ0n) is 15.0. The van der Waals surface area contributed by atoms with Crippen LogP contribution in [-0.2, 0) is 17.8 Å². The lowest BCUT2D eigenvalue weighted by molar-refractivity contribution is -0.115. The summed E-state index contributed by atoms with van der Waals surface area (Å²) in [5.41, 5.74) is 3.84. The van der Waals surface area contributed by atoms with Crippen LogP contribution in [0.4, 0.5) is 11.4 Å². The monoisotopic (exact) mass is 380 g/mol. The molecule has 2 N–H and O–H groups in total. The summed E-state index contributed by atoms with van der Waals surface area (Å²) in [7, 11) is 1.62. The Balaban J connectivity index is 1.50. The number of hydrogen-bond donors (Lipinski definition) is 2. The number of benzene rings is 3. The van der Waals surface area contributed by atoms with Crippen LogP contribution in [0.1, 0.15) is 11.1 Å². The number of nitrogens with one attached hydrogen (secondary N) is 2. The van der Waals surface area contributed by atoms with Gasteiger partial charge in [0.25, 0.3) is 0 Å². The van der Waals surface area contributed by atoms with E-state index in [4.69, 9.17) is 16.3 Å². The van der Waals surface area contributed by atoms with Crippen LogP contribution < -0.4 is 15.4 Å². The molecule has 0 saturated heterocycles. The van der Waals surface area contributed by atoms with Crippen molar-refractivity contribution in [2.45, 2.75) is 13.0 Å². The minimum Gasteiger partial charge on any atom is -0.497 e. The van der Waals surface area contributed by atoms with Crippen LogP contribution >= 0.6 is 11.6 Å². The average molecular weight is 381 g/mol. The van der Waals surface area contributed by atoms with E-state index in [-0.39, 0.29) is 5.91 Å². The van der Waals surface area contributed by atoms with Crippen LogP contribution in [0.2, 0.25) is 5.02 Å². The Bertz CT molecular complexity index is 876. The lowest BCUT2D eigenvalue weighted by Gasteiger charge is -2.09. The predicted molar refractivity (Wildman–Crippen MR) is 111 cm³/mol. The van der Waals surface area contributed by atoms with E-state index in [1.54, 1.807) is 7.11 Å². The molecule has 4 nitrogen and oxygen atoms in total. The molecule has 0 spiro atoms. The molecule has 138 valence electrons. The molecule has 0 bridgehead atoms. The molecule has 1 amide bonds. The van der Waals surface area contributed by atoms with Crippen molar-refractivity contribution >= 4 is 28.9 Å². The highest BCUT2D eigenvalue weighted by molar-refractivity contribution is 6.30. The van der Waals surface area contributed by atoms with Gasteiger partial charge in [-0.1, -0.05) is 35.9 Å². The molecule has 0 heterocycles. The van der Waals surface area contributed by atoms with Crippen molar-refractivity contribution < 1.29 is 9.53 Å². The van der Waals surface area contributed by atoms with Crippen LogP contribution in [0.5, 0.6) is 5.75 Å². The molecular formula is C22H21ClN2O2. The molecule has 0 aromatic heterocycles. The van der Waals surface area contributed by atoms with Crippen LogP contribution in [0, 0.1) is 0 Å². The molecule has 0 aliphatic heterocycles. The fourth-order valence-corrected chi connectivity index (χ4v) is 2.74. The van der Waals surface area contributed by atoms with E-state index in [2.05, 4.69) is 10.6 Å². The Morgan fingerprint density at radius 1 is 0.852 bits per heavy atom. The molecule has 3 aromatic rings. The highest BCUT2D eigenvalue weighted by Crippen LogP contribution is 2.17. The summed E-state index contributed by atoms with van der Waals surface area (Å²) >= 11 is 5.89. The first kappa shape index (κ1) is 18.8. The number of methoxy groups -OCH3 is 1. The number of anilines is 2. The van der Waals surface area contributed by atoms with Crippen molar-refractivity contribution in [1.82, 2.24) is 0 Å². The number of ether oxygens (including phenoxy) is 1. The van der Waals surface area contributed by atoms with E-state index in [9.17, 15) is 4.79 Å². The maximum absolute atomic E-state index is 12.2. The van der Waals surface area contributed by atoms with Gasteiger partial charge in [-0.15, -0.1) is 0 Å². The summed E-state index contributed by atoms with van der Waals surface area (Å²) in [6.07, 6.45) is 0.320. The molecule has 0 aliphatic carbocycles. The molecule has 27 heavy (non-hydrogen) atoms. The number of rotatable bonds is 7. The molecule has 0 saturated carbocycles. The second-order valence-electron chi connectivity index (χ2n) is 6.13. The minimum atomic E-state index is -0.0537. The Kier molecular flexibility index (Phi) is 6.34. The molecule has 0 unspecified atom stereocenters. The first-order chi connectivity index (χ1) is 13.1. The molecule has 5 heteroatoms. The second-order valence-corrected chi connectivity index (χ2v) is 6.57. The quantitative estimate of drug-likeness (QED) is 0.596. The number of amides is 1. The van der Waals surface area contributed by atoms with Gasteiger partial charge in [0.2, 0.25) is 5.91 Å². The second kappa shape index (κ2) is 9.10. The molecular weight excluding hydrogens is 360 g/mol. The standard InChI is InChI=1S/C22H21ClN2O2/c1-27-21-12-4-16(5-13-21)14-22(26)25-20-10-8-19(9-11-20)24-15-17-2-6-18(23)7-3-17/h2-13,24H,14-15H2,1H3,(H,25,26). The predicted octanol–water partition coefficient (Wildman–Crippen LogP) is 5.14. The zero-order chi connectivity index (χ0) is 19.1. The first-order valence-electron chi connectivity index (χ1n) is 8.63. The van der Waals surface area contributed by atoms with E-state index < -0.39 is 0 Å². The lowest BCUT2D eigenvalue weighted by atomic mass is 10.1. The lowest BCUT2D eigenvalue weighted by Crippen LogP contribution is -2.14. The van der Waals surface area contributed by atoms with Crippen LogP contribution in [0.25, 0.3) is 0 Å². The normalized spacial score (nSPS) is 10.3. The van der Waals surface area contributed by atoms with Gasteiger partial charge in [-0.25, -0.2) is 0 Å². The molecule has 3 aromatic carbocycles. The van der Waals surface area contributed by atoms with Gasteiger partial charge in [0, 0.05) is 22.9 Å². The number of carbonyl (C=O) groups is 1. The van der Waals surface area contributed by atoms with E-state index in [0.717, 1.165) is 33.3 Å². The Morgan fingerprint density at radius 3 is 2.07 bits per heavy atom. The summed E-state index contributed by atoms with van der Waals surface area (Å²) in [6.45, 7) is 0.709. The van der Waals surface area contributed by atoms with Gasteiger partial charge in [0.15, 0.2) is 0 Å². The minimum absolute atomic E-state index is 0.0537. The van der Waals surface area contributed by atoms with E-state index >= 15 is 0 Å². The topological polar surface area (TPSA) is 50.4 Å². The highest BCUT2D eigenvalue weighted by atomic mass is 35.5. The Labute approximate surface area is 164 Å². The van der Waals surface area contributed by atoms with Crippen molar-refractivity contribution in [1.29, 1.82) is 0 Å². The summed E-state index contributed by atoms with van der Waals surface area (Å²) < 4.78 is 5.12. The van der Waals surface area contributed by atoms with E-state index in [1.165, 1.54) is 0 Å². The van der Waals surface area contributed by atoms with Crippen LogP contribution in [-0.4, -0.2) is 13.0 Å². The van der Waals surface area contributed by atoms with Crippen molar-refractivity contribution in [3.8, 4) is 5.75 Å². The van der Waals surface area contributed by atoms with Gasteiger partial charge in [-0.2, -0.15) is 0 Å². The van der Waals surface area contributed by atoms with Crippen molar-refractivity contribution in [2.75, 3.05) is 17.7 Å². The third-order valence-electron chi connectivity index (χ3n) is 4.10. The third-order valence-corrected chi connectivity index (χ3v) is 4.35. The summed E-state index contributed by atoms with van der Waals surface area (Å²) in [6, 6.07) is 22.9. The van der Waals surface area contributed by atoms with E-state index in [1.807, 2.05) is 72.8 Å². The maximum Gasteiger partial charge on any atom is 0.228 e. The van der Waals surface area contributed by atoms with Crippen LogP contribution in [0.15, 0.2) is 72.8 Å². The smallest absolute Gasteiger partial charge is 0.228 e. The first-order valence-corrected chi connectivity index (χ1v) is 9.01. The third kappa shape index (κ3) is 5.76. The fourth-order valence-electron chi connectivity index (χ4n) is 2.61. The Hall–Kier alpha value is -2.98. The maximum atomic E-state index is 12.2. The zero-order valence-corrected chi connectivity index (χ0v) is 15.8. The van der Waals surface area contributed by atoms with Crippen molar-refractivity contribution in [3.63, 3.8) is 0 Å². The van der Waals surface area contributed by atoms with Crippen LogP contribution in [0.3, 0.4) is 0 Å². The van der Waals surface area contributed by atoms with Gasteiger partial charge < -0.3 is 15.4 Å². The largest absolute Gasteiger partial charge is 0.497 e. The summed E-state index contributed by atoms with van der Waals surface area (Å²) in [5, 5.41) is 6.99. The summed E-state index contributed by atoms with van der Waals surface area (Å²) in [5.74, 6) is 0.725. The fraction of sp³-hybridized carbons (Fsp3) is 0.136. The number of carbonyl (C=O) groups excluding carboxylic acids is 1. The molecule has 0 atom stereocenters. The Morgan fingerprint density at radius 2 is 1.44 bits per heavy atom. The van der Waals surface area contributed by atoms with Gasteiger partial charge in [0.05, 0.1) is 13.5 Å². The van der Waals surface area contributed by atoms with Gasteiger partial charge >= 0.3 is 0 Å². The van der Waals surface area contributed by atoms with E-state index in [0.29, 0.717) is 13.0 Å². The van der Waals surface area contributed by atoms with Crippen molar-refractivity contribution in [3.05, 3.63) is 88.9 Å². The van der Waals surface area contributed by atoms with Gasteiger partial charge in [-0.05, 0) is 59.7 Å². The summed E-state index contributed by atoms with van der Waals surface area (Å²) in [4.78, 5) is 12.2. The molecule has 0 fully saturated rings. The average Bonchev–Trinajstić information content (AvgIpc) is 2.69. The highest BCUT2D eigenvalue weighted by Gasteiger charge is 2.05. The van der Waals surface area contributed by atoms with Crippen molar-refractivity contribution in [2.24, 2.45) is 0 Å². The van der Waals surface area contributed by atoms with Gasteiger partial charge in [0.1, 0.15) is 5.75 Å². The molecule has 0 aliphatic rings. The van der Waals surface area contributed by atoms with Gasteiger partial charge in [-0.3, -0.25) is 4.79 Å². The number of hydrogen-bond acceptors (Lipinski definition) is 3. The molecule has 3 rings (SSSR count).